The van der Waals surface area contributed by atoms with E-state index in [1.54, 1.807) is 12.1 Å². The fraction of sp³-hybridized carbons (Fsp3) is 0.286. The van der Waals surface area contributed by atoms with Crippen LogP contribution in [0.3, 0.4) is 0 Å². The third kappa shape index (κ3) is 10.2. The molecule has 0 fully saturated rings. The first-order chi connectivity index (χ1) is 20.4. The Morgan fingerprint density at radius 2 is 1.23 bits per heavy atom. The van der Waals surface area contributed by atoms with Gasteiger partial charge in [-0.15, -0.1) is 0 Å². The molecule has 228 valence electrons. The predicted molar refractivity (Wildman–Crippen MR) is 151 cm³/mol. The highest BCUT2D eigenvalue weighted by Gasteiger charge is 2.31. The number of nitrogens with one attached hydrogen (secondary N) is 4. The summed E-state index contributed by atoms with van der Waals surface area (Å²) in [5.74, 6) is -4.84. The van der Waals surface area contributed by atoms with Gasteiger partial charge in [0, 0.05) is 24.7 Å². The molecule has 4 unspecified atom stereocenters. The molecule has 4 atom stereocenters. The first kappa shape index (κ1) is 32.1. The summed E-state index contributed by atoms with van der Waals surface area (Å²) < 4.78 is 0. The van der Waals surface area contributed by atoms with Gasteiger partial charge in [-0.1, -0.05) is 24.3 Å². The molecule has 15 heteroatoms. The lowest BCUT2D eigenvalue weighted by molar-refractivity contribution is -0.143. The highest BCUT2D eigenvalue weighted by molar-refractivity contribution is 5.95. The molecule has 2 aromatic carbocycles. The van der Waals surface area contributed by atoms with Crippen molar-refractivity contribution in [2.75, 3.05) is 0 Å². The van der Waals surface area contributed by atoms with Gasteiger partial charge < -0.3 is 47.7 Å². The maximum absolute atomic E-state index is 13.5. The Morgan fingerprint density at radius 1 is 0.744 bits per heavy atom. The summed E-state index contributed by atoms with van der Waals surface area (Å²) in [5, 5.41) is 35.9. The zero-order valence-corrected chi connectivity index (χ0v) is 22.9. The van der Waals surface area contributed by atoms with Crippen LogP contribution in [0.15, 0.2) is 61.1 Å². The summed E-state index contributed by atoms with van der Waals surface area (Å²) in [7, 11) is 0. The van der Waals surface area contributed by atoms with Crippen molar-refractivity contribution in [3.63, 3.8) is 0 Å². The Bertz CT molecular complexity index is 1410. The van der Waals surface area contributed by atoms with E-state index in [4.69, 9.17) is 11.5 Å². The molecule has 0 aliphatic heterocycles. The Morgan fingerprint density at radius 3 is 1.72 bits per heavy atom. The van der Waals surface area contributed by atoms with Crippen LogP contribution in [0.5, 0.6) is 11.5 Å². The lowest BCUT2D eigenvalue weighted by Crippen LogP contribution is -2.58. The van der Waals surface area contributed by atoms with Gasteiger partial charge in [0.05, 0.1) is 18.8 Å². The van der Waals surface area contributed by atoms with Crippen molar-refractivity contribution in [2.45, 2.75) is 49.9 Å². The van der Waals surface area contributed by atoms with E-state index < -0.39 is 60.2 Å². The standard InChI is InChI=1S/C28H33N7O8/c29-20(9-15-1-5-18(36)6-2-15)25(39)33-22(11-17-13-31-14-32-17)27(41)34-21(10-16-3-7-19(37)8-4-16)26(40)35-23(28(42)43)12-24(30)38/h1-8,13-14,20-23,36-37H,9-12,29H2,(H2,30,38)(H,31,32)(H,33,39)(H,34,41)(H,35,40)(H,42,43). The van der Waals surface area contributed by atoms with Crippen molar-refractivity contribution >= 4 is 29.6 Å². The Hall–Kier alpha value is -5.44. The molecule has 0 bridgehead atoms. The van der Waals surface area contributed by atoms with Gasteiger partial charge in [0.15, 0.2) is 0 Å². The molecule has 1 aromatic heterocycles. The number of nitrogens with two attached hydrogens (primary N) is 2. The van der Waals surface area contributed by atoms with E-state index in [0.717, 1.165) is 0 Å². The van der Waals surface area contributed by atoms with Crippen LogP contribution >= 0.6 is 0 Å². The number of carbonyl (C=O) groups is 5. The van der Waals surface area contributed by atoms with Crippen molar-refractivity contribution < 1.29 is 39.3 Å². The summed E-state index contributed by atoms with van der Waals surface area (Å²) in [6.45, 7) is 0. The fourth-order valence-electron chi connectivity index (χ4n) is 4.11. The van der Waals surface area contributed by atoms with Gasteiger partial charge in [0.2, 0.25) is 23.6 Å². The molecule has 1 heterocycles. The van der Waals surface area contributed by atoms with Crippen molar-refractivity contribution in [3.8, 4) is 11.5 Å². The number of imidazole rings is 1. The number of phenols is 2. The van der Waals surface area contributed by atoms with E-state index in [1.165, 1.54) is 48.9 Å². The van der Waals surface area contributed by atoms with Crippen LogP contribution in [0.4, 0.5) is 0 Å². The van der Waals surface area contributed by atoms with Crippen molar-refractivity contribution in [1.82, 2.24) is 25.9 Å². The second kappa shape index (κ2) is 15.0. The van der Waals surface area contributed by atoms with Crippen LogP contribution in [0.2, 0.25) is 0 Å². The minimum Gasteiger partial charge on any atom is -0.508 e. The van der Waals surface area contributed by atoms with Crippen LogP contribution in [0.25, 0.3) is 0 Å². The summed E-state index contributed by atoms with van der Waals surface area (Å²) in [6, 6.07) is 6.54. The summed E-state index contributed by atoms with van der Waals surface area (Å²) >= 11 is 0. The number of nitrogens with zero attached hydrogens (tertiary/aromatic N) is 1. The molecule has 0 aliphatic carbocycles. The van der Waals surface area contributed by atoms with Crippen LogP contribution in [0.1, 0.15) is 23.2 Å². The lowest BCUT2D eigenvalue weighted by Gasteiger charge is -2.25. The first-order valence-electron chi connectivity index (χ1n) is 13.1. The highest BCUT2D eigenvalue weighted by atomic mass is 16.4. The van der Waals surface area contributed by atoms with E-state index in [-0.39, 0.29) is 30.8 Å². The summed E-state index contributed by atoms with van der Waals surface area (Å²) in [6.07, 6.45) is 2.06. The second-order valence-electron chi connectivity index (χ2n) is 9.82. The maximum Gasteiger partial charge on any atom is 0.326 e. The number of amides is 4. The zero-order valence-electron chi connectivity index (χ0n) is 22.9. The number of carboxylic acid groups (broad SMARTS) is 1. The topological polar surface area (TPSA) is 263 Å². The molecule has 3 rings (SSSR count). The van der Waals surface area contributed by atoms with Gasteiger partial charge in [-0.2, -0.15) is 0 Å². The molecule has 0 saturated carbocycles. The Balaban J connectivity index is 1.81. The number of rotatable bonds is 15. The van der Waals surface area contributed by atoms with Crippen molar-refractivity contribution in [3.05, 3.63) is 77.9 Å². The van der Waals surface area contributed by atoms with Crippen molar-refractivity contribution in [2.24, 2.45) is 11.5 Å². The SMILES string of the molecule is NC(=O)CC(NC(=O)C(Cc1ccc(O)cc1)NC(=O)C(Cc1cnc[nH]1)NC(=O)C(N)Cc1ccc(O)cc1)C(=O)O. The van der Waals surface area contributed by atoms with Crippen LogP contribution < -0.4 is 27.4 Å². The molecule has 0 radical (unpaired) electrons. The second-order valence-corrected chi connectivity index (χ2v) is 9.82. The van der Waals surface area contributed by atoms with Crippen molar-refractivity contribution in [1.29, 1.82) is 0 Å². The number of carbonyl (C=O) groups excluding carboxylic acids is 4. The molecule has 43 heavy (non-hydrogen) atoms. The molecule has 3 aromatic rings. The molecule has 0 aliphatic rings. The average molecular weight is 596 g/mol. The third-order valence-electron chi connectivity index (χ3n) is 6.37. The van der Waals surface area contributed by atoms with E-state index in [0.29, 0.717) is 16.8 Å². The smallest absolute Gasteiger partial charge is 0.326 e. The molecular weight excluding hydrogens is 562 g/mol. The number of carboxylic acids is 1. The quantitative estimate of drug-likeness (QED) is 0.0991. The Kier molecular flexibility index (Phi) is 11.2. The summed E-state index contributed by atoms with van der Waals surface area (Å²) in [5.41, 5.74) is 12.9. The number of H-pyrrole nitrogens is 1. The number of hydrogen-bond acceptors (Lipinski definition) is 9. The van der Waals surface area contributed by atoms with E-state index in [9.17, 15) is 39.3 Å². The largest absolute Gasteiger partial charge is 0.508 e. The van der Waals surface area contributed by atoms with Gasteiger partial charge in [-0.3, -0.25) is 19.2 Å². The molecular formula is C28H33N7O8. The predicted octanol–water partition coefficient (Wildman–Crippen LogP) is -1.41. The number of aliphatic carboxylic acids is 1. The van der Waals surface area contributed by atoms with E-state index in [2.05, 4.69) is 25.9 Å². The van der Waals surface area contributed by atoms with E-state index >= 15 is 0 Å². The van der Waals surface area contributed by atoms with Crippen LogP contribution in [0, 0.1) is 0 Å². The Labute approximate surface area is 245 Å². The maximum atomic E-state index is 13.5. The monoisotopic (exact) mass is 595 g/mol. The van der Waals surface area contributed by atoms with Gasteiger partial charge in [0.1, 0.15) is 29.6 Å². The van der Waals surface area contributed by atoms with Gasteiger partial charge >= 0.3 is 5.97 Å². The van der Waals surface area contributed by atoms with Crippen LogP contribution in [-0.2, 0) is 43.2 Å². The molecule has 0 spiro atoms. The highest BCUT2D eigenvalue weighted by Crippen LogP contribution is 2.13. The normalized spacial score (nSPS) is 13.6. The minimum absolute atomic E-state index is 0.0350. The third-order valence-corrected chi connectivity index (χ3v) is 6.37. The average Bonchev–Trinajstić information content (AvgIpc) is 3.47. The van der Waals surface area contributed by atoms with E-state index in [1.807, 2.05) is 0 Å². The summed E-state index contributed by atoms with van der Waals surface area (Å²) in [4.78, 5) is 69.5. The van der Waals surface area contributed by atoms with Crippen LogP contribution in [-0.4, -0.2) is 79.1 Å². The number of benzene rings is 2. The lowest BCUT2D eigenvalue weighted by atomic mass is 10.0. The fourth-order valence-corrected chi connectivity index (χ4v) is 4.11. The number of aromatic amines is 1. The zero-order chi connectivity index (χ0) is 31.5. The number of aromatic nitrogens is 2. The van der Waals surface area contributed by atoms with Gasteiger partial charge in [0.25, 0.3) is 0 Å². The molecule has 4 amide bonds. The minimum atomic E-state index is -1.65. The number of phenolic OH excluding ortho intramolecular Hbond substituents is 2. The number of aromatic hydroxyl groups is 2. The van der Waals surface area contributed by atoms with Gasteiger partial charge in [-0.05, 0) is 41.8 Å². The molecule has 0 saturated heterocycles. The number of hydrogen-bond donors (Lipinski definition) is 9. The number of primary amides is 1. The molecule has 15 nitrogen and oxygen atoms in total. The van der Waals surface area contributed by atoms with Gasteiger partial charge in [-0.25, -0.2) is 9.78 Å². The molecule has 11 N–H and O–H groups in total. The first-order valence-corrected chi connectivity index (χ1v) is 13.1.